The maximum Gasteiger partial charge on any atom is 0.0721 e. The monoisotopic (exact) mass is 364 g/mol. The summed E-state index contributed by atoms with van der Waals surface area (Å²) in [5, 5.41) is 0. The predicted molar refractivity (Wildman–Crippen MR) is 124 cm³/mol. The molecular formula is C28H28. The van der Waals surface area contributed by atoms with Crippen LogP contribution in [0.5, 0.6) is 0 Å². The van der Waals surface area contributed by atoms with Gasteiger partial charge in [-0.15, -0.1) is 0 Å². The van der Waals surface area contributed by atoms with E-state index >= 15 is 0 Å². The zero-order chi connectivity index (χ0) is 20.3. The Morgan fingerprint density at radius 1 is 0.786 bits per heavy atom. The van der Waals surface area contributed by atoms with Gasteiger partial charge < -0.3 is 0 Å². The predicted octanol–water partition coefficient (Wildman–Crippen LogP) is 7.58. The molecule has 2 aliphatic carbocycles. The van der Waals surface area contributed by atoms with E-state index in [0.717, 1.165) is 0 Å². The SMILES string of the molecule is C=C/C=C\C1=C(C)C(C=C)=C(/C=C\C)C12C(C=C)=C(/C=C\C)c1ccccc12. The van der Waals surface area contributed by atoms with Gasteiger partial charge in [-0.05, 0) is 65.3 Å². The lowest BCUT2D eigenvalue weighted by Crippen LogP contribution is -2.28. The average Bonchev–Trinajstić information content (AvgIpc) is 3.11. The highest BCUT2D eigenvalue weighted by Crippen LogP contribution is 2.61. The minimum Gasteiger partial charge on any atom is -0.0991 e. The van der Waals surface area contributed by atoms with Crippen LogP contribution in [0, 0.1) is 0 Å². The molecule has 0 saturated heterocycles. The molecule has 0 heterocycles. The van der Waals surface area contributed by atoms with E-state index in [9.17, 15) is 0 Å². The van der Waals surface area contributed by atoms with Crippen LogP contribution in [0.2, 0.25) is 0 Å². The summed E-state index contributed by atoms with van der Waals surface area (Å²) in [7, 11) is 0. The third-order valence-corrected chi connectivity index (χ3v) is 5.70. The van der Waals surface area contributed by atoms with Crippen LogP contribution in [0.4, 0.5) is 0 Å². The van der Waals surface area contributed by atoms with Crippen LogP contribution in [0.1, 0.15) is 31.9 Å². The first kappa shape index (κ1) is 19.6. The van der Waals surface area contributed by atoms with Gasteiger partial charge in [0.15, 0.2) is 0 Å². The maximum absolute atomic E-state index is 4.23. The van der Waals surface area contributed by atoms with E-state index in [1.807, 2.05) is 24.3 Å². The number of allylic oxidation sites excluding steroid dienone is 15. The Morgan fingerprint density at radius 2 is 1.50 bits per heavy atom. The third-order valence-electron chi connectivity index (χ3n) is 5.70. The Bertz CT molecular complexity index is 1030. The summed E-state index contributed by atoms with van der Waals surface area (Å²) in [5.74, 6) is 0. The summed E-state index contributed by atoms with van der Waals surface area (Å²) in [6.07, 6.45) is 18.7. The van der Waals surface area contributed by atoms with Crippen molar-refractivity contribution < 1.29 is 0 Å². The Kier molecular flexibility index (Phi) is 5.51. The van der Waals surface area contributed by atoms with Gasteiger partial charge in [0.25, 0.3) is 0 Å². The fourth-order valence-electron chi connectivity index (χ4n) is 4.76. The second kappa shape index (κ2) is 7.86. The van der Waals surface area contributed by atoms with Crippen molar-refractivity contribution >= 4 is 5.57 Å². The summed E-state index contributed by atoms with van der Waals surface area (Å²) >= 11 is 0. The molecule has 0 nitrogen and oxygen atoms in total. The lowest BCUT2D eigenvalue weighted by molar-refractivity contribution is 0.771. The van der Waals surface area contributed by atoms with Crippen LogP contribution >= 0.6 is 0 Å². The van der Waals surface area contributed by atoms with Crippen LogP contribution in [-0.2, 0) is 5.41 Å². The molecule has 28 heavy (non-hydrogen) atoms. The van der Waals surface area contributed by atoms with Crippen LogP contribution in [0.3, 0.4) is 0 Å². The molecular weight excluding hydrogens is 336 g/mol. The minimum absolute atomic E-state index is 0.382. The molecule has 0 bridgehead atoms. The second-order valence-corrected chi connectivity index (χ2v) is 6.99. The van der Waals surface area contributed by atoms with Crippen molar-refractivity contribution in [2.75, 3.05) is 0 Å². The summed E-state index contributed by atoms with van der Waals surface area (Å²) in [4.78, 5) is 0. The summed E-state index contributed by atoms with van der Waals surface area (Å²) in [6, 6.07) is 8.70. The molecule has 1 aromatic rings. The molecule has 140 valence electrons. The summed E-state index contributed by atoms with van der Waals surface area (Å²) in [6.45, 7) is 18.6. The van der Waals surface area contributed by atoms with E-state index < -0.39 is 0 Å². The van der Waals surface area contributed by atoms with Crippen molar-refractivity contribution in [2.45, 2.75) is 26.2 Å². The molecule has 0 radical (unpaired) electrons. The molecule has 1 spiro atoms. The van der Waals surface area contributed by atoms with E-state index in [4.69, 9.17) is 0 Å². The second-order valence-electron chi connectivity index (χ2n) is 6.99. The highest BCUT2D eigenvalue weighted by molar-refractivity contribution is 5.94. The van der Waals surface area contributed by atoms with Crippen molar-refractivity contribution in [3.05, 3.63) is 138 Å². The van der Waals surface area contributed by atoms with Gasteiger partial charge >= 0.3 is 0 Å². The number of fused-ring (bicyclic) bond motifs is 2. The Balaban J connectivity index is 2.58. The highest BCUT2D eigenvalue weighted by atomic mass is 14.5. The van der Waals surface area contributed by atoms with Crippen molar-refractivity contribution in [1.29, 1.82) is 0 Å². The molecule has 0 fully saturated rings. The number of hydrogen-bond acceptors (Lipinski definition) is 0. The zero-order valence-corrected chi connectivity index (χ0v) is 17.1. The Morgan fingerprint density at radius 3 is 2.11 bits per heavy atom. The van der Waals surface area contributed by atoms with Gasteiger partial charge in [-0.1, -0.05) is 98.7 Å². The van der Waals surface area contributed by atoms with Gasteiger partial charge in [0.1, 0.15) is 0 Å². The average molecular weight is 365 g/mol. The quantitative estimate of drug-likeness (QED) is 0.456. The van der Waals surface area contributed by atoms with E-state index in [0.29, 0.717) is 0 Å². The van der Waals surface area contributed by atoms with Crippen LogP contribution in [0.25, 0.3) is 5.57 Å². The van der Waals surface area contributed by atoms with E-state index in [1.54, 1.807) is 0 Å². The Labute approximate surface area is 169 Å². The van der Waals surface area contributed by atoms with Crippen molar-refractivity contribution in [3.63, 3.8) is 0 Å². The molecule has 3 rings (SSSR count). The fourth-order valence-corrected chi connectivity index (χ4v) is 4.76. The lowest BCUT2D eigenvalue weighted by Gasteiger charge is -2.33. The molecule has 0 aromatic heterocycles. The summed E-state index contributed by atoms with van der Waals surface area (Å²) < 4.78 is 0. The van der Waals surface area contributed by atoms with E-state index in [2.05, 4.69) is 95.2 Å². The smallest absolute Gasteiger partial charge is 0.0721 e. The van der Waals surface area contributed by atoms with Crippen LogP contribution < -0.4 is 0 Å². The van der Waals surface area contributed by atoms with E-state index in [1.165, 1.54) is 44.6 Å². The molecule has 0 saturated carbocycles. The largest absolute Gasteiger partial charge is 0.0991 e. The van der Waals surface area contributed by atoms with Gasteiger partial charge in [-0.25, -0.2) is 0 Å². The molecule has 0 aliphatic heterocycles. The van der Waals surface area contributed by atoms with Gasteiger partial charge in [-0.3, -0.25) is 0 Å². The van der Waals surface area contributed by atoms with Crippen molar-refractivity contribution in [1.82, 2.24) is 0 Å². The number of rotatable bonds is 6. The first-order chi connectivity index (χ1) is 13.6. The molecule has 0 heteroatoms. The van der Waals surface area contributed by atoms with Crippen LogP contribution in [0.15, 0.2) is 127 Å². The molecule has 2 aliphatic rings. The Hall–Kier alpha value is -3.12. The topological polar surface area (TPSA) is 0 Å². The van der Waals surface area contributed by atoms with Crippen molar-refractivity contribution in [3.8, 4) is 0 Å². The highest BCUT2D eigenvalue weighted by Gasteiger charge is 2.51. The normalized spacial score (nSPS) is 21.8. The van der Waals surface area contributed by atoms with Gasteiger partial charge in [0.2, 0.25) is 0 Å². The summed E-state index contributed by atoms with van der Waals surface area (Å²) in [5.41, 5.74) is 9.59. The minimum atomic E-state index is -0.382. The number of hydrogen-bond donors (Lipinski definition) is 0. The standard InChI is InChI=1S/C28H28/c1-7-12-18-25-20(6)21(10-4)26(16-9-3)28(25)24(11-5)22(15-8-2)23-17-13-14-19-27(23)28/h7-19H,1,4-5H2,2-3,6H3/b15-8-,16-9-,18-12-. The van der Waals surface area contributed by atoms with Crippen molar-refractivity contribution in [2.24, 2.45) is 0 Å². The lowest BCUT2D eigenvalue weighted by atomic mass is 9.67. The van der Waals surface area contributed by atoms with Crippen LogP contribution in [-0.4, -0.2) is 0 Å². The number of benzene rings is 1. The zero-order valence-electron chi connectivity index (χ0n) is 17.1. The van der Waals surface area contributed by atoms with Gasteiger partial charge in [0.05, 0.1) is 5.41 Å². The molecule has 0 N–H and O–H groups in total. The van der Waals surface area contributed by atoms with Gasteiger partial charge in [-0.2, -0.15) is 0 Å². The first-order valence-corrected chi connectivity index (χ1v) is 9.73. The van der Waals surface area contributed by atoms with E-state index in [-0.39, 0.29) is 5.41 Å². The molecule has 1 aromatic carbocycles. The molecule has 1 atom stereocenters. The molecule has 0 amide bonds. The maximum atomic E-state index is 4.23. The van der Waals surface area contributed by atoms with Gasteiger partial charge in [0, 0.05) is 0 Å². The molecule has 1 unspecified atom stereocenters. The fraction of sp³-hybridized carbons (Fsp3) is 0.143. The first-order valence-electron chi connectivity index (χ1n) is 9.73. The third kappa shape index (κ3) is 2.52.